The van der Waals surface area contributed by atoms with Crippen LogP contribution in [-0.4, -0.2) is 12.4 Å². The van der Waals surface area contributed by atoms with Crippen molar-refractivity contribution in [1.82, 2.24) is 0 Å². The number of hydrogen-bond acceptors (Lipinski definition) is 2. The molecule has 5 heteroatoms. The number of nitrogens with two attached hydrogens (primary N) is 1. The maximum atomic E-state index is 12.1. The summed E-state index contributed by atoms with van der Waals surface area (Å²) in [5, 5.41) is 0. The van der Waals surface area contributed by atoms with Gasteiger partial charge in [0.25, 0.3) is 0 Å². The molecule has 1 aromatic rings. The molecule has 2 nitrogen and oxygen atoms in total. The lowest BCUT2D eigenvalue weighted by molar-refractivity contribution is -0.274. The van der Waals surface area contributed by atoms with Crippen molar-refractivity contribution >= 4 is 0 Å². The number of benzene rings is 1. The maximum absolute atomic E-state index is 12.1. The summed E-state index contributed by atoms with van der Waals surface area (Å²) in [6.45, 7) is 2.04. The van der Waals surface area contributed by atoms with E-state index in [9.17, 15) is 13.2 Å². The van der Waals surface area contributed by atoms with Gasteiger partial charge in [0, 0.05) is 6.04 Å². The van der Waals surface area contributed by atoms with Gasteiger partial charge in [-0.25, -0.2) is 0 Å². The summed E-state index contributed by atoms with van der Waals surface area (Å²) in [5.41, 5.74) is 6.81. The molecule has 0 radical (unpaired) electrons. The molecule has 2 N–H and O–H groups in total. The highest BCUT2D eigenvalue weighted by Gasteiger charge is 2.33. The zero-order valence-corrected chi connectivity index (χ0v) is 10.1. The van der Waals surface area contributed by atoms with Crippen LogP contribution in [0.4, 0.5) is 13.2 Å². The Hall–Kier alpha value is -1.23. The van der Waals surface area contributed by atoms with Crippen LogP contribution in [0.3, 0.4) is 0 Å². The number of halogens is 3. The van der Waals surface area contributed by atoms with E-state index in [1.54, 1.807) is 6.07 Å². The molecule has 0 saturated heterocycles. The van der Waals surface area contributed by atoms with Crippen LogP contribution in [-0.2, 0) is 0 Å². The van der Waals surface area contributed by atoms with Crippen LogP contribution < -0.4 is 10.5 Å². The molecule has 1 fully saturated rings. The van der Waals surface area contributed by atoms with Crippen LogP contribution in [0, 0.1) is 5.92 Å². The third-order valence-electron chi connectivity index (χ3n) is 3.64. The molecule has 1 aromatic carbocycles. The van der Waals surface area contributed by atoms with E-state index in [-0.39, 0.29) is 23.6 Å². The third-order valence-corrected chi connectivity index (χ3v) is 3.64. The van der Waals surface area contributed by atoms with E-state index in [1.165, 1.54) is 12.1 Å². The Bertz CT molecular complexity index is 419. The molecular formula is C13H16F3NO. The molecule has 3 atom stereocenters. The summed E-state index contributed by atoms with van der Waals surface area (Å²) >= 11 is 0. The minimum absolute atomic E-state index is 0.127. The third kappa shape index (κ3) is 2.96. The van der Waals surface area contributed by atoms with Gasteiger partial charge in [-0.15, -0.1) is 13.2 Å². The summed E-state index contributed by atoms with van der Waals surface area (Å²) in [7, 11) is 0. The summed E-state index contributed by atoms with van der Waals surface area (Å²) in [6.07, 6.45) is -2.82. The average Bonchev–Trinajstić information content (AvgIpc) is 2.58. The summed E-state index contributed by atoms with van der Waals surface area (Å²) < 4.78 is 40.4. The Kier molecular flexibility index (Phi) is 3.52. The van der Waals surface area contributed by atoms with Gasteiger partial charge >= 0.3 is 6.36 Å². The lowest BCUT2D eigenvalue weighted by Gasteiger charge is -2.19. The van der Waals surface area contributed by atoms with Crippen molar-refractivity contribution < 1.29 is 17.9 Å². The maximum Gasteiger partial charge on any atom is 0.573 e. The van der Waals surface area contributed by atoms with Crippen molar-refractivity contribution in [2.75, 3.05) is 0 Å². The van der Waals surface area contributed by atoms with E-state index in [2.05, 4.69) is 4.74 Å². The molecule has 0 heterocycles. The van der Waals surface area contributed by atoms with E-state index in [4.69, 9.17) is 5.73 Å². The molecule has 2 rings (SSSR count). The summed E-state index contributed by atoms with van der Waals surface area (Å²) in [6, 6.07) is 6.33. The number of hydrogen-bond donors (Lipinski definition) is 1. The van der Waals surface area contributed by atoms with E-state index >= 15 is 0 Å². The molecule has 100 valence electrons. The second-order valence-electron chi connectivity index (χ2n) is 4.83. The van der Waals surface area contributed by atoms with Crippen molar-refractivity contribution in [3.8, 4) is 5.75 Å². The highest BCUT2D eigenvalue weighted by molar-refractivity contribution is 5.32. The Morgan fingerprint density at radius 2 is 2.00 bits per heavy atom. The molecule has 1 aliphatic carbocycles. The lowest BCUT2D eigenvalue weighted by Crippen LogP contribution is -2.24. The largest absolute Gasteiger partial charge is 0.573 e. The molecule has 0 aliphatic heterocycles. The molecule has 0 bridgehead atoms. The molecule has 1 aliphatic rings. The lowest BCUT2D eigenvalue weighted by atomic mass is 9.89. The van der Waals surface area contributed by atoms with Crippen LogP contribution in [0.25, 0.3) is 0 Å². The topological polar surface area (TPSA) is 35.2 Å². The van der Waals surface area contributed by atoms with Crippen LogP contribution in [0.15, 0.2) is 24.3 Å². The highest BCUT2D eigenvalue weighted by Crippen LogP contribution is 2.39. The molecule has 3 unspecified atom stereocenters. The number of rotatable bonds is 2. The van der Waals surface area contributed by atoms with E-state index < -0.39 is 6.36 Å². The first-order valence-corrected chi connectivity index (χ1v) is 5.98. The van der Waals surface area contributed by atoms with Gasteiger partial charge in [0.05, 0.1) is 0 Å². The number of alkyl halides is 3. The molecule has 1 saturated carbocycles. The predicted molar refractivity (Wildman–Crippen MR) is 62.2 cm³/mol. The zero-order valence-electron chi connectivity index (χ0n) is 10.1. The highest BCUT2D eigenvalue weighted by atomic mass is 19.4. The Labute approximate surface area is 104 Å². The SMILES string of the molecule is CC1C(N)CCC1c1cccc(OC(F)(F)F)c1. The Morgan fingerprint density at radius 3 is 2.56 bits per heavy atom. The van der Waals surface area contributed by atoms with Crippen molar-refractivity contribution in [3.05, 3.63) is 29.8 Å². The van der Waals surface area contributed by atoms with Crippen molar-refractivity contribution in [3.63, 3.8) is 0 Å². The Balaban J connectivity index is 2.17. The monoisotopic (exact) mass is 259 g/mol. The van der Waals surface area contributed by atoms with Gasteiger partial charge in [-0.05, 0) is 42.4 Å². The smallest absolute Gasteiger partial charge is 0.406 e. The fraction of sp³-hybridized carbons (Fsp3) is 0.538. The van der Waals surface area contributed by atoms with Crippen molar-refractivity contribution in [2.24, 2.45) is 11.7 Å². The van der Waals surface area contributed by atoms with Crippen molar-refractivity contribution in [1.29, 1.82) is 0 Å². The van der Waals surface area contributed by atoms with Crippen LogP contribution in [0.5, 0.6) is 5.75 Å². The van der Waals surface area contributed by atoms with Gasteiger partial charge in [0.1, 0.15) is 5.75 Å². The fourth-order valence-corrected chi connectivity index (χ4v) is 2.61. The quantitative estimate of drug-likeness (QED) is 0.883. The standard InChI is InChI=1S/C13H16F3NO/c1-8-11(5-6-12(8)17)9-3-2-4-10(7-9)18-13(14,15)16/h2-4,7-8,11-12H,5-6,17H2,1H3. The zero-order chi connectivity index (χ0) is 13.3. The average molecular weight is 259 g/mol. The van der Waals surface area contributed by atoms with E-state index in [0.29, 0.717) is 0 Å². The molecular weight excluding hydrogens is 243 g/mol. The van der Waals surface area contributed by atoms with Gasteiger partial charge in [0.2, 0.25) is 0 Å². The van der Waals surface area contributed by atoms with E-state index in [1.807, 2.05) is 13.0 Å². The van der Waals surface area contributed by atoms with Crippen LogP contribution in [0.1, 0.15) is 31.2 Å². The second-order valence-corrected chi connectivity index (χ2v) is 4.83. The second kappa shape index (κ2) is 4.80. The first kappa shape index (κ1) is 13.2. The van der Waals surface area contributed by atoms with Gasteiger partial charge in [-0.3, -0.25) is 0 Å². The van der Waals surface area contributed by atoms with Gasteiger partial charge < -0.3 is 10.5 Å². The minimum atomic E-state index is -4.64. The summed E-state index contributed by atoms with van der Waals surface area (Å²) in [5.74, 6) is 0.343. The molecule has 18 heavy (non-hydrogen) atoms. The van der Waals surface area contributed by atoms with Gasteiger partial charge in [-0.1, -0.05) is 19.1 Å². The first-order chi connectivity index (χ1) is 8.37. The van der Waals surface area contributed by atoms with E-state index in [0.717, 1.165) is 18.4 Å². The predicted octanol–water partition coefficient (Wildman–Crippen LogP) is 3.43. The number of ether oxygens (including phenoxy) is 1. The molecule has 0 spiro atoms. The summed E-state index contributed by atoms with van der Waals surface area (Å²) in [4.78, 5) is 0. The minimum Gasteiger partial charge on any atom is -0.406 e. The van der Waals surface area contributed by atoms with Crippen LogP contribution in [0.2, 0.25) is 0 Å². The fourth-order valence-electron chi connectivity index (χ4n) is 2.61. The van der Waals surface area contributed by atoms with Crippen LogP contribution >= 0.6 is 0 Å². The Morgan fingerprint density at radius 1 is 1.28 bits per heavy atom. The normalized spacial score (nSPS) is 28.4. The first-order valence-electron chi connectivity index (χ1n) is 5.98. The molecule has 0 amide bonds. The van der Waals surface area contributed by atoms with Crippen molar-refractivity contribution in [2.45, 2.75) is 38.1 Å². The van der Waals surface area contributed by atoms with Gasteiger partial charge in [-0.2, -0.15) is 0 Å². The van der Waals surface area contributed by atoms with Gasteiger partial charge in [0.15, 0.2) is 0 Å². The molecule has 0 aromatic heterocycles.